The van der Waals surface area contributed by atoms with Gasteiger partial charge in [0.1, 0.15) is 0 Å². The van der Waals surface area contributed by atoms with Crippen molar-refractivity contribution < 1.29 is 14.4 Å². The predicted octanol–water partition coefficient (Wildman–Crippen LogP) is 0.126. The number of hydrogen-bond acceptors (Lipinski definition) is 4. The van der Waals surface area contributed by atoms with Gasteiger partial charge >= 0.3 is 0 Å². The van der Waals surface area contributed by atoms with Crippen molar-refractivity contribution in [3.63, 3.8) is 0 Å². The number of likely N-dealkylation sites (tertiary alicyclic amines) is 1. The highest BCUT2D eigenvalue weighted by molar-refractivity contribution is 6.02. The third-order valence-electron chi connectivity index (χ3n) is 3.96. The molecule has 1 atom stereocenters. The second-order valence-corrected chi connectivity index (χ2v) is 5.42. The van der Waals surface area contributed by atoms with Crippen molar-refractivity contribution in [1.29, 1.82) is 0 Å². The van der Waals surface area contributed by atoms with Crippen LogP contribution in [0.4, 0.5) is 0 Å². The Bertz CT molecular complexity index is 375. The Morgan fingerprint density at radius 3 is 2.60 bits per heavy atom. The fraction of sp³-hybridized carbons (Fsp3) is 0.786. The lowest BCUT2D eigenvalue weighted by atomic mass is 10.2. The monoisotopic (exact) mass is 281 g/mol. The highest BCUT2D eigenvalue weighted by Gasteiger charge is 2.31. The van der Waals surface area contributed by atoms with E-state index in [1.54, 1.807) is 0 Å². The van der Waals surface area contributed by atoms with Crippen LogP contribution in [0.3, 0.4) is 0 Å². The summed E-state index contributed by atoms with van der Waals surface area (Å²) in [4.78, 5) is 38.5. The minimum Gasteiger partial charge on any atom is -0.338 e. The predicted molar refractivity (Wildman–Crippen MR) is 73.8 cm³/mol. The molecular formula is C14H23N3O3. The van der Waals surface area contributed by atoms with Gasteiger partial charge in [-0.3, -0.25) is 19.3 Å². The second-order valence-electron chi connectivity index (χ2n) is 5.42. The molecule has 20 heavy (non-hydrogen) atoms. The quantitative estimate of drug-likeness (QED) is 0.702. The van der Waals surface area contributed by atoms with Crippen molar-refractivity contribution in [2.45, 2.75) is 45.1 Å². The van der Waals surface area contributed by atoms with Crippen LogP contribution in [0.2, 0.25) is 0 Å². The number of rotatable bonds is 6. The van der Waals surface area contributed by atoms with Crippen LogP contribution in [0.15, 0.2) is 0 Å². The maximum atomic E-state index is 12.3. The molecule has 1 unspecified atom stereocenters. The Hall–Kier alpha value is -1.43. The first-order valence-corrected chi connectivity index (χ1v) is 7.47. The molecule has 0 bridgehead atoms. The molecule has 6 heteroatoms. The molecule has 112 valence electrons. The first-order valence-electron chi connectivity index (χ1n) is 7.47. The van der Waals surface area contributed by atoms with Crippen LogP contribution in [0.25, 0.3) is 0 Å². The summed E-state index contributed by atoms with van der Waals surface area (Å²) in [5.74, 6) is -0.243. The maximum Gasteiger partial charge on any atom is 0.229 e. The minimum absolute atomic E-state index is 0.0491. The summed E-state index contributed by atoms with van der Waals surface area (Å²) in [6, 6.07) is 0.257. The Morgan fingerprint density at radius 2 is 2.05 bits per heavy atom. The number of nitrogens with one attached hydrogen (secondary N) is 1. The molecular weight excluding hydrogens is 258 g/mol. The van der Waals surface area contributed by atoms with Gasteiger partial charge in [-0.25, -0.2) is 0 Å². The second kappa shape index (κ2) is 6.83. The van der Waals surface area contributed by atoms with E-state index in [4.69, 9.17) is 0 Å². The fourth-order valence-electron chi connectivity index (χ4n) is 2.88. The van der Waals surface area contributed by atoms with Gasteiger partial charge in [-0.05, 0) is 19.4 Å². The maximum absolute atomic E-state index is 12.3. The van der Waals surface area contributed by atoms with Gasteiger partial charge in [-0.2, -0.15) is 0 Å². The molecule has 0 aromatic heterocycles. The molecule has 3 amide bonds. The van der Waals surface area contributed by atoms with Gasteiger partial charge in [0, 0.05) is 44.9 Å². The van der Waals surface area contributed by atoms with E-state index in [0.29, 0.717) is 0 Å². The number of imide groups is 1. The average molecular weight is 281 g/mol. The topological polar surface area (TPSA) is 69.7 Å². The van der Waals surface area contributed by atoms with E-state index < -0.39 is 0 Å². The normalized spacial score (nSPS) is 22.6. The molecule has 2 aliphatic heterocycles. The SMILES string of the molecule is CCCN(C(=O)CCN1C(=O)CCC1=O)C1CCNC1. The molecule has 2 aliphatic rings. The van der Waals surface area contributed by atoms with E-state index in [1.165, 1.54) is 4.90 Å². The molecule has 0 aliphatic carbocycles. The van der Waals surface area contributed by atoms with Crippen LogP contribution in [-0.2, 0) is 14.4 Å². The standard InChI is InChI=1S/C14H23N3O3/c1-2-8-16(11-5-7-15-10-11)14(20)6-9-17-12(18)3-4-13(17)19/h11,15H,2-10H2,1H3. The van der Waals surface area contributed by atoms with Gasteiger partial charge in [-0.15, -0.1) is 0 Å². The largest absolute Gasteiger partial charge is 0.338 e. The van der Waals surface area contributed by atoms with E-state index >= 15 is 0 Å². The Balaban J connectivity index is 1.87. The van der Waals surface area contributed by atoms with E-state index in [0.717, 1.165) is 32.5 Å². The van der Waals surface area contributed by atoms with Gasteiger partial charge in [0.05, 0.1) is 0 Å². The summed E-state index contributed by atoms with van der Waals surface area (Å²) < 4.78 is 0. The first kappa shape index (κ1) is 15.0. The van der Waals surface area contributed by atoms with Gasteiger partial charge in [0.25, 0.3) is 0 Å². The molecule has 0 aromatic rings. The smallest absolute Gasteiger partial charge is 0.229 e. The van der Waals surface area contributed by atoms with Gasteiger partial charge < -0.3 is 10.2 Å². The first-order chi connectivity index (χ1) is 9.63. The highest BCUT2D eigenvalue weighted by Crippen LogP contribution is 2.14. The van der Waals surface area contributed by atoms with Crippen LogP contribution in [-0.4, -0.2) is 59.7 Å². The van der Waals surface area contributed by atoms with Gasteiger partial charge in [-0.1, -0.05) is 6.92 Å². The summed E-state index contributed by atoms with van der Waals surface area (Å²) in [7, 11) is 0. The van der Waals surface area contributed by atoms with Crippen LogP contribution in [0, 0.1) is 0 Å². The summed E-state index contributed by atoms with van der Waals surface area (Å²) in [6.45, 7) is 4.81. The van der Waals surface area contributed by atoms with E-state index in [-0.39, 0.29) is 49.6 Å². The van der Waals surface area contributed by atoms with Crippen molar-refractivity contribution in [3.05, 3.63) is 0 Å². The van der Waals surface area contributed by atoms with Crippen molar-refractivity contribution in [2.75, 3.05) is 26.2 Å². The number of amides is 3. The van der Waals surface area contributed by atoms with Crippen molar-refractivity contribution in [3.8, 4) is 0 Å². The number of hydrogen-bond donors (Lipinski definition) is 1. The van der Waals surface area contributed by atoms with Gasteiger partial charge in [0.15, 0.2) is 0 Å². The summed E-state index contributed by atoms with van der Waals surface area (Å²) in [6.07, 6.45) is 2.72. The van der Waals surface area contributed by atoms with Crippen LogP contribution in [0.5, 0.6) is 0 Å². The van der Waals surface area contributed by atoms with E-state index in [2.05, 4.69) is 12.2 Å². The lowest BCUT2D eigenvalue weighted by molar-refractivity contribution is -0.139. The number of carbonyl (C=O) groups excluding carboxylic acids is 3. The average Bonchev–Trinajstić information content (AvgIpc) is 3.05. The molecule has 6 nitrogen and oxygen atoms in total. The van der Waals surface area contributed by atoms with Crippen molar-refractivity contribution in [2.24, 2.45) is 0 Å². The lowest BCUT2D eigenvalue weighted by Gasteiger charge is -2.29. The molecule has 2 rings (SSSR count). The Kier molecular flexibility index (Phi) is 5.11. The van der Waals surface area contributed by atoms with E-state index in [9.17, 15) is 14.4 Å². The van der Waals surface area contributed by atoms with Crippen LogP contribution < -0.4 is 5.32 Å². The zero-order valence-electron chi connectivity index (χ0n) is 12.1. The van der Waals surface area contributed by atoms with Crippen molar-refractivity contribution in [1.82, 2.24) is 15.1 Å². The third-order valence-corrected chi connectivity index (χ3v) is 3.96. The highest BCUT2D eigenvalue weighted by atomic mass is 16.2. The molecule has 2 saturated heterocycles. The zero-order valence-corrected chi connectivity index (χ0v) is 12.1. The lowest BCUT2D eigenvalue weighted by Crippen LogP contribution is -2.43. The Morgan fingerprint density at radius 1 is 1.35 bits per heavy atom. The van der Waals surface area contributed by atoms with Crippen molar-refractivity contribution >= 4 is 17.7 Å². The van der Waals surface area contributed by atoms with Crippen LogP contribution >= 0.6 is 0 Å². The van der Waals surface area contributed by atoms with Gasteiger partial charge in [0.2, 0.25) is 17.7 Å². The summed E-state index contributed by atoms with van der Waals surface area (Å²) >= 11 is 0. The summed E-state index contributed by atoms with van der Waals surface area (Å²) in [5.41, 5.74) is 0. The molecule has 0 spiro atoms. The summed E-state index contributed by atoms with van der Waals surface area (Å²) in [5, 5.41) is 3.26. The third kappa shape index (κ3) is 3.36. The fourth-order valence-corrected chi connectivity index (χ4v) is 2.88. The van der Waals surface area contributed by atoms with Crippen LogP contribution in [0.1, 0.15) is 39.0 Å². The Labute approximate surface area is 119 Å². The molecule has 0 saturated carbocycles. The molecule has 1 N–H and O–H groups in total. The number of nitrogens with zero attached hydrogens (tertiary/aromatic N) is 2. The minimum atomic E-state index is -0.146. The van der Waals surface area contributed by atoms with E-state index in [1.807, 2.05) is 4.90 Å². The molecule has 0 aromatic carbocycles. The molecule has 2 heterocycles. The zero-order chi connectivity index (χ0) is 14.5. The number of carbonyl (C=O) groups is 3. The molecule has 0 radical (unpaired) electrons. The molecule has 2 fully saturated rings.